The van der Waals surface area contributed by atoms with Crippen molar-refractivity contribution in [2.75, 3.05) is 6.61 Å². The first-order chi connectivity index (χ1) is 21.9. The molecule has 0 N–H and O–H groups in total. The molecular weight excluding hydrogens is 629 g/mol. The molecule has 48 heavy (non-hydrogen) atoms. The number of esters is 1. The summed E-state index contributed by atoms with van der Waals surface area (Å²) in [5.41, 5.74) is 4.85. The normalized spacial score (nSPS) is 28.4. The van der Waals surface area contributed by atoms with E-state index in [0.717, 1.165) is 56.9 Å². The highest BCUT2D eigenvalue weighted by Crippen LogP contribution is 2.56. The molecule has 0 bridgehead atoms. The molecule has 0 aromatic rings. The second kappa shape index (κ2) is 15.2. The summed E-state index contributed by atoms with van der Waals surface area (Å²) in [6, 6.07) is 0. The van der Waals surface area contributed by atoms with Crippen LogP contribution in [0, 0.1) is 11.3 Å². The average Bonchev–Trinajstić information content (AvgIpc) is 3.32. The van der Waals surface area contributed by atoms with Gasteiger partial charge in [-0.25, -0.2) is 4.79 Å². The van der Waals surface area contributed by atoms with E-state index < -0.39 is 22.2 Å². The number of rotatable bonds is 12. The van der Waals surface area contributed by atoms with E-state index >= 15 is 0 Å². The van der Waals surface area contributed by atoms with Gasteiger partial charge in [-0.3, -0.25) is 0 Å². The Morgan fingerprint density at radius 1 is 1.00 bits per heavy atom. The number of carbonyl (C=O) groups is 1. The monoisotopic (exact) mass is 700 g/mol. The van der Waals surface area contributed by atoms with Gasteiger partial charge in [0.05, 0.1) is 18.3 Å². The molecule has 5 atom stereocenters. The summed E-state index contributed by atoms with van der Waals surface area (Å²) in [6.45, 7) is 38.6. The van der Waals surface area contributed by atoms with Crippen molar-refractivity contribution in [3.8, 4) is 0 Å². The van der Waals surface area contributed by atoms with E-state index in [2.05, 4.69) is 120 Å². The van der Waals surface area contributed by atoms with Crippen LogP contribution in [0.5, 0.6) is 0 Å². The molecule has 0 heterocycles. The highest BCUT2D eigenvalue weighted by atomic mass is 28.4. The molecule has 0 saturated heterocycles. The third-order valence-electron chi connectivity index (χ3n) is 13.1. The summed E-state index contributed by atoms with van der Waals surface area (Å²) in [5.74, 6) is 0.165. The molecule has 0 amide bonds. The lowest BCUT2D eigenvalue weighted by atomic mass is 9.63. The molecule has 274 valence electrons. The Balaban J connectivity index is 1.83. The molecule has 0 aromatic heterocycles. The zero-order chi connectivity index (χ0) is 36.5. The second-order valence-corrected chi connectivity index (χ2v) is 28.1. The van der Waals surface area contributed by atoms with Crippen molar-refractivity contribution in [1.82, 2.24) is 0 Å². The lowest BCUT2D eigenvalue weighted by Gasteiger charge is -2.45. The van der Waals surface area contributed by atoms with Crippen LogP contribution >= 0.6 is 0 Å². The van der Waals surface area contributed by atoms with Crippen LogP contribution in [-0.2, 0) is 23.1 Å². The third kappa shape index (κ3) is 9.34. The van der Waals surface area contributed by atoms with Crippen molar-refractivity contribution in [3.63, 3.8) is 0 Å². The molecule has 7 heteroatoms. The summed E-state index contributed by atoms with van der Waals surface area (Å²) in [6.07, 6.45) is 14.9. The molecule has 0 radical (unpaired) electrons. The summed E-state index contributed by atoms with van der Waals surface area (Å²) in [7, 11) is -3.98. The molecule has 0 aromatic carbocycles. The maximum atomic E-state index is 12.7. The van der Waals surface area contributed by atoms with Crippen LogP contribution in [0.3, 0.4) is 0 Å². The molecule has 2 saturated carbocycles. The van der Waals surface area contributed by atoms with Crippen LogP contribution < -0.4 is 0 Å². The van der Waals surface area contributed by atoms with Crippen LogP contribution in [0.15, 0.2) is 47.1 Å². The van der Waals surface area contributed by atoms with Gasteiger partial charge >= 0.3 is 5.97 Å². The van der Waals surface area contributed by atoms with Gasteiger partial charge in [0.25, 0.3) is 0 Å². The Morgan fingerprint density at radius 3 is 2.15 bits per heavy atom. The molecule has 2 fully saturated rings. The van der Waals surface area contributed by atoms with Gasteiger partial charge in [-0.05, 0) is 123 Å². The fourth-order valence-corrected chi connectivity index (χ4v) is 9.90. The zero-order valence-electron chi connectivity index (χ0n) is 33.7. The molecule has 5 nitrogen and oxygen atoms in total. The van der Waals surface area contributed by atoms with Crippen molar-refractivity contribution >= 4 is 22.6 Å². The maximum absolute atomic E-state index is 12.7. The van der Waals surface area contributed by atoms with Crippen molar-refractivity contribution in [2.24, 2.45) is 11.3 Å². The van der Waals surface area contributed by atoms with Gasteiger partial charge in [-0.1, -0.05) is 92.7 Å². The predicted octanol–water partition coefficient (Wildman–Crippen LogP) is 11.6. The standard InChI is InChI=1S/C41H72O5Si2/c1-17-40(11,18-2)44-37(42)28-43-30(4)34-23-24-35-31(20-19-25-41(34,35)12)21-22-32-26-33(45-47(13,14)38(5,6)7)27-36(29(32)3)46-48(15,16)39(8,9)10/h21-23,30,33,35-36H,3,17-20,24-28H2,1-2,4-16H3/t30-,33+,35-,36-,41+/m0/s1. The zero-order valence-corrected chi connectivity index (χ0v) is 35.7. The van der Waals surface area contributed by atoms with E-state index in [1.807, 2.05) is 6.92 Å². The number of carbonyl (C=O) groups excluding carboxylic acids is 1. The molecule has 3 rings (SSSR count). The Kier molecular flexibility index (Phi) is 13.0. The quantitative estimate of drug-likeness (QED) is 0.115. The summed E-state index contributed by atoms with van der Waals surface area (Å²) in [5, 5.41) is 0.272. The van der Waals surface area contributed by atoms with Gasteiger partial charge in [0.1, 0.15) is 12.2 Å². The van der Waals surface area contributed by atoms with Crippen LogP contribution in [0.1, 0.15) is 128 Å². The summed E-state index contributed by atoms with van der Waals surface area (Å²) < 4.78 is 26.1. The lowest BCUT2D eigenvalue weighted by Crippen LogP contribution is -2.49. The minimum atomic E-state index is -2.02. The fraction of sp³-hybridized carbons (Fsp3) is 0.780. The Labute approximate surface area is 297 Å². The van der Waals surface area contributed by atoms with E-state index in [0.29, 0.717) is 5.92 Å². The number of fused-ring (bicyclic) bond motifs is 1. The van der Waals surface area contributed by atoms with Crippen molar-refractivity contribution in [1.29, 1.82) is 0 Å². The lowest BCUT2D eigenvalue weighted by molar-refractivity contribution is -0.165. The highest BCUT2D eigenvalue weighted by molar-refractivity contribution is 6.74. The van der Waals surface area contributed by atoms with E-state index in [9.17, 15) is 4.79 Å². The second-order valence-electron chi connectivity index (χ2n) is 18.6. The van der Waals surface area contributed by atoms with Crippen LogP contribution in [-0.4, -0.2) is 53.1 Å². The number of hydrogen-bond donors (Lipinski definition) is 0. The van der Waals surface area contributed by atoms with Gasteiger partial charge in [0.15, 0.2) is 16.6 Å². The number of hydrogen-bond acceptors (Lipinski definition) is 5. The van der Waals surface area contributed by atoms with Gasteiger partial charge < -0.3 is 18.3 Å². The van der Waals surface area contributed by atoms with Crippen molar-refractivity contribution in [2.45, 2.75) is 188 Å². The first-order valence-electron chi connectivity index (χ1n) is 18.9. The molecule has 3 aliphatic rings. The van der Waals surface area contributed by atoms with Gasteiger partial charge in [0.2, 0.25) is 0 Å². The molecule has 3 aliphatic carbocycles. The van der Waals surface area contributed by atoms with E-state index in [1.165, 1.54) is 16.7 Å². The first-order valence-corrected chi connectivity index (χ1v) is 24.7. The molecule has 0 spiro atoms. The predicted molar refractivity (Wildman–Crippen MR) is 207 cm³/mol. The van der Waals surface area contributed by atoms with Crippen LogP contribution in [0.4, 0.5) is 0 Å². The number of allylic oxidation sites excluding steroid dienone is 4. The Hall–Kier alpha value is -1.26. The molecular formula is C41H72O5Si2. The van der Waals surface area contributed by atoms with E-state index in [-0.39, 0.29) is 46.4 Å². The largest absolute Gasteiger partial charge is 0.458 e. The topological polar surface area (TPSA) is 54.0 Å². The van der Waals surface area contributed by atoms with E-state index in [1.54, 1.807) is 0 Å². The average molecular weight is 701 g/mol. The van der Waals surface area contributed by atoms with Gasteiger partial charge in [0, 0.05) is 6.42 Å². The van der Waals surface area contributed by atoms with Gasteiger partial charge in [-0.2, -0.15) is 0 Å². The van der Waals surface area contributed by atoms with Crippen LogP contribution in [0.2, 0.25) is 36.3 Å². The molecule has 0 aliphatic heterocycles. The summed E-state index contributed by atoms with van der Waals surface area (Å²) in [4.78, 5) is 12.7. The number of ether oxygens (including phenoxy) is 2. The highest BCUT2D eigenvalue weighted by Gasteiger charge is 2.47. The summed E-state index contributed by atoms with van der Waals surface area (Å²) >= 11 is 0. The smallest absolute Gasteiger partial charge is 0.332 e. The molecule has 0 unspecified atom stereocenters. The SMILES string of the molecule is C=C1C(=CC=C2CCC[C@]3(C)C([C@H](C)OCC(=O)OC(C)(CC)CC)=CC[C@@H]23)C[C@@H](O[Si](C)(C)C(C)(C)C)C[C@@H]1O[Si](C)(C)C(C)(C)C. The minimum Gasteiger partial charge on any atom is -0.458 e. The van der Waals surface area contributed by atoms with Crippen molar-refractivity contribution < 1.29 is 23.1 Å². The first kappa shape index (κ1) is 41.2. The fourth-order valence-electron chi connectivity index (χ4n) is 7.23. The van der Waals surface area contributed by atoms with Crippen LogP contribution in [0.25, 0.3) is 0 Å². The Bertz CT molecular complexity index is 1260. The Morgan fingerprint density at radius 2 is 1.58 bits per heavy atom. The van der Waals surface area contributed by atoms with Gasteiger partial charge in [-0.15, -0.1) is 0 Å². The third-order valence-corrected chi connectivity index (χ3v) is 22.1. The minimum absolute atomic E-state index is 0.0119. The maximum Gasteiger partial charge on any atom is 0.332 e. The van der Waals surface area contributed by atoms with E-state index in [4.69, 9.17) is 18.3 Å². The van der Waals surface area contributed by atoms with Crippen molar-refractivity contribution in [3.05, 3.63) is 47.1 Å².